The van der Waals surface area contributed by atoms with Crippen molar-refractivity contribution >= 4 is 5.97 Å². The Labute approximate surface area is 65.7 Å². The molecule has 11 heavy (non-hydrogen) atoms. The summed E-state index contributed by atoms with van der Waals surface area (Å²) in [7, 11) is 0. The molecular formula is C8H12O3. The van der Waals surface area contributed by atoms with Crippen molar-refractivity contribution in [2.24, 2.45) is 0 Å². The van der Waals surface area contributed by atoms with Gasteiger partial charge in [-0.1, -0.05) is 19.1 Å². The van der Waals surface area contributed by atoms with Crippen LogP contribution in [0.1, 0.15) is 19.8 Å². The first kappa shape index (κ1) is 8.27. The van der Waals surface area contributed by atoms with E-state index in [2.05, 4.69) is 0 Å². The van der Waals surface area contributed by atoms with Gasteiger partial charge in [-0.15, -0.1) is 0 Å². The number of carbonyl (C=O) groups is 1. The van der Waals surface area contributed by atoms with E-state index in [4.69, 9.17) is 9.84 Å². The summed E-state index contributed by atoms with van der Waals surface area (Å²) >= 11 is 0. The maximum atomic E-state index is 10.7. The largest absolute Gasteiger partial charge is 0.479 e. The van der Waals surface area contributed by atoms with Gasteiger partial charge in [-0.3, -0.25) is 0 Å². The topological polar surface area (TPSA) is 46.5 Å². The number of rotatable bonds is 2. The average Bonchev–Trinajstić information content (AvgIpc) is 2.05. The fraction of sp³-hybridized carbons (Fsp3) is 0.625. The second-order valence-electron chi connectivity index (χ2n) is 2.64. The number of carboxylic acid groups (broad SMARTS) is 1. The van der Waals surface area contributed by atoms with Crippen LogP contribution in [0.5, 0.6) is 0 Å². The Morgan fingerprint density at radius 3 is 2.73 bits per heavy atom. The van der Waals surface area contributed by atoms with E-state index >= 15 is 0 Å². The fourth-order valence-corrected chi connectivity index (χ4v) is 1.15. The second kappa shape index (κ2) is 3.05. The minimum atomic E-state index is -0.950. The third-order valence-electron chi connectivity index (χ3n) is 2.03. The summed E-state index contributed by atoms with van der Waals surface area (Å²) in [5.74, 6) is -0.857. The Hall–Kier alpha value is -0.830. The molecule has 0 fully saturated rings. The Morgan fingerprint density at radius 1 is 1.73 bits per heavy atom. The van der Waals surface area contributed by atoms with Gasteiger partial charge in [0.05, 0.1) is 6.61 Å². The molecule has 0 amide bonds. The minimum absolute atomic E-state index is 0.417. The van der Waals surface area contributed by atoms with Crippen LogP contribution in [-0.2, 0) is 9.53 Å². The Kier molecular flexibility index (Phi) is 2.29. The SMILES string of the molecule is CCC1(C(=O)O)CC=CCO1. The van der Waals surface area contributed by atoms with Gasteiger partial charge >= 0.3 is 5.97 Å². The van der Waals surface area contributed by atoms with Gasteiger partial charge in [0.25, 0.3) is 0 Å². The van der Waals surface area contributed by atoms with E-state index < -0.39 is 11.6 Å². The van der Waals surface area contributed by atoms with Gasteiger partial charge in [0.15, 0.2) is 5.60 Å². The zero-order valence-corrected chi connectivity index (χ0v) is 6.54. The van der Waals surface area contributed by atoms with Crippen LogP contribution in [0.25, 0.3) is 0 Å². The molecular weight excluding hydrogens is 144 g/mol. The number of carboxylic acids is 1. The van der Waals surface area contributed by atoms with Crippen LogP contribution in [-0.4, -0.2) is 23.3 Å². The van der Waals surface area contributed by atoms with Crippen LogP contribution in [0.2, 0.25) is 0 Å². The molecule has 1 heterocycles. The lowest BCUT2D eigenvalue weighted by Gasteiger charge is -2.29. The molecule has 0 bridgehead atoms. The summed E-state index contributed by atoms with van der Waals surface area (Å²) in [5, 5.41) is 8.83. The van der Waals surface area contributed by atoms with Crippen molar-refractivity contribution in [1.82, 2.24) is 0 Å². The van der Waals surface area contributed by atoms with E-state index in [-0.39, 0.29) is 0 Å². The highest BCUT2D eigenvalue weighted by Gasteiger charge is 2.37. The van der Waals surface area contributed by atoms with Crippen molar-refractivity contribution in [1.29, 1.82) is 0 Å². The van der Waals surface area contributed by atoms with Crippen molar-refractivity contribution in [3.05, 3.63) is 12.2 Å². The third-order valence-corrected chi connectivity index (χ3v) is 2.03. The van der Waals surface area contributed by atoms with Crippen molar-refractivity contribution in [3.63, 3.8) is 0 Å². The maximum absolute atomic E-state index is 10.7. The van der Waals surface area contributed by atoms with Crippen LogP contribution in [0.4, 0.5) is 0 Å². The molecule has 1 aliphatic heterocycles. The monoisotopic (exact) mass is 156 g/mol. The standard InChI is InChI=1S/C8H12O3/c1-2-8(7(9)10)5-3-4-6-11-8/h3-4H,2,5-6H2,1H3,(H,9,10). The van der Waals surface area contributed by atoms with Gasteiger partial charge in [-0.25, -0.2) is 4.79 Å². The molecule has 0 spiro atoms. The van der Waals surface area contributed by atoms with E-state index in [0.717, 1.165) is 0 Å². The lowest BCUT2D eigenvalue weighted by atomic mass is 9.95. The molecule has 3 nitrogen and oxygen atoms in total. The lowest BCUT2D eigenvalue weighted by molar-refractivity contribution is -0.165. The average molecular weight is 156 g/mol. The predicted octanol–water partition coefficient (Wildman–Crippen LogP) is 1.20. The first-order valence-corrected chi connectivity index (χ1v) is 3.73. The Bertz CT molecular complexity index is 186. The van der Waals surface area contributed by atoms with Gasteiger partial charge < -0.3 is 9.84 Å². The second-order valence-corrected chi connectivity index (χ2v) is 2.64. The molecule has 0 aromatic carbocycles. The molecule has 0 saturated heterocycles. The van der Waals surface area contributed by atoms with Gasteiger partial charge in [-0.05, 0) is 6.42 Å². The summed E-state index contributed by atoms with van der Waals surface area (Å²) in [6.07, 6.45) is 4.71. The summed E-state index contributed by atoms with van der Waals surface area (Å²) in [5.41, 5.74) is -0.950. The fourth-order valence-electron chi connectivity index (χ4n) is 1.15. The van der Waals surface area contributed by atoms with E-state index in [0.29, 0.717) is 19.4 Å². The molecule has 1 N–H and O–H groups in total. The van der Waals surface area contributed by atoms with Crippen LogP contribution in [0, 0.1) is 0 Å². The van der Waals surface area contributed by atoms with Crippen LogP contribution in [0.3, 0.4) is 0 Å². The van der Waals surface area contributed by atoms with Crippen molar-refractivity contribution < 1.29 is 14.6 Å². The van der Waals surface area contributed by atoms with Crippen LogP contribution in [0.15, 0.2) is 12.2 Å². The molecule has 0 aliphatic carbocycles. The normalized spacial score (nSPS) is 30.3. The summed E-state index contributed by atoms with van der Waals surface area (Å²) < 4.78 is 5.19. The van der Waals surface area contributed by atoms with E-state index in [1.54, 1.807) is 0 Å². The molecule has 0 radical (unpaired) electrons. The minimum Gasteiger partial charge on any atom is -0.479 e. The highest BCUT2D eigenvalue weighted by molar-refractivity contribution is 5.77. The number of hydrogen-bond donors (Lipinski definition) is 1. The Balaban J connectivity index is 2.75. The van der Waals surface area contributed by atoms with Gasteiger partial charge in [0.1, 0.15) is 0 Å². The summed E-state index contributed by atoms with van der Waals surface area (Å²) in [6, 6.07) is 0. The molecule has 62 valence electrons. The number of hydrogen-bond acceptors (Lipinski definition) is 2. The molecule has 3 heteroatoms. The highest BCUT2D eigenvalue weighted by Crippen LogP contribution is 2.24. The lowest BCUT2D eigenvalue weighted by Crippen LogP contribution is -2.42. The third kappa shape index (κ3) is 1.43. The first-order chi connectivity index (χ1) is 5.21. The molecule has 0 aromatic heterocycles. The zero-order chi connectivity index (χ0) is 8.32. The first-order valence-electron chi connectivity index (χ1n) is 3.73. The Morgan fingerprint density at radius 2 is 2.45 bits per heavy atom. The predicted molar refractivity (Wildman–Crippen MR) is 40.4 cm³/mol. The smallest absolute Gasteiger partial charge is 0.336 e. The molecule has 1 aliphatic rings. The van der Waals surface area contributed by atoms with Gasteiger partial charge in [-0.2, -0.15) is 0 Å². The molecule has 0 saturated carbocycles. The van der Waals surface area contributed by atoms with Crippen molar-refractivity contribution in [2.75, 3.05) is 6.61 Å². The quantitative estimate of drug-likeness (QED) is 0.611. The number of aliphatic carboxylic acids is 1. The molecule has 1 rings (SSSR count). The van der Waals surface area contributed by atoms with Crippen LogP contribution >= 0.6 is 0 Å². The highest BCUT2D eigenvalue weighted by atomic mass is 16.5. The van der Waals surface area contributed by atoms with Gasteiger partial charge in [0.2, 0.25) is 0 Å². The zero-order valence-electron chi connectivity index (χ0n) is 6.54. The van der Waals surface area contributed by atoms with Crippen LogP contribution < -0.4 is 0 Å². The van der Waals surface area contributed by atoms with Crippen molar-refractivity contribution in [2.45, 2.75) is 25.4 Å². The number of ether oxygens (including phenoxy) is 1. The summed E-state index contributed by atoms with van der Waals surface area (Å²) in [4.78, 5) is 10.7. The van der Waals surface area contributed by atoms with Gasteiger partial charge in [0, 0.05) is 6.42 Å². The molecule has 1 unspecified atom stereocenters. The molecule has 1 atom stereocenters. The van der Waals surface area contributed by atoms with E-state index in [1.807, 2.05) is 19.1 Å². The van der Waals surface area contributed by atoms with E-state index in [1.165, 1.54) is 0 Å². The molecule has 0 aromatic rings. The van der Waals surface area contributed by atoms with E-state index in [9.17, 15) is 4.79 Å². The summed E-state index contributed by atoms with van der Waals surface area (Å²) in [6.45, 7) is 2.24. The van der Waals surface area contributed by atoms with Crippen molar-refractivity contribution in [3.8, 4) is 0 Å². The maximum Gasteiger partial charge on any atom is 0.336 e.